The van der Waals surface area contributed by atoms with E-state index in [-0.39, 0.29) is 19.1 Å². The number of aromatic nitrogens is 1. The van der Waals surface area contributed by atoms with Crippen molar-refractivity contribution in [2.24, 2.45) is 0 Å². The molecule has 2 heterocycles. The SMILES string of the molecule is C=Cc1c(CO)nc2c(c1C)OCC(=O)N2. The van der Waals surface area contributed by atoms with Crippen molar-refractivity contribution in [1.82, 2.24) is 4.98 Å². The van der Waals surface area contributed by atoms with Crippen molar-refractivity contribution in [3.63, 3.8) is 0 Å². The number of anilines is 1. The van der Waals surface area contributed by atoms with Crippen LogP contribution in [0.1, 0.15) is 16.8 Å². The van der Waals surface area contributed by atoms with Gasteiger partial charge in [-0.15, -0.1) is 0 Å². The van der Waals surface area contributed by atoms with Crippen molar-refractivity contribution in [2.45, 2.75) is 13.5 Å². The number of ether oxygens (including phenoxy) is 1. The first-order valence-corrected chi connectivity index (χ1v) is 4.86. The van der Waals surface area contributed by atoms with Crippen LogP contribution in [0.5, 0.6) is 5.75 Å². The van der Waals surface area contributed by atoms with Crippen LogP contribution in [0.25, 0.3) is 6.08 Å². The Morgan fingerprint density at radius 1 is 1.69 bits per heavy atom. The number of carbonyl (C=O) groups excluding carboxylic acids is 1. The molecule has 0 atom stereocenters. The zero-order valence-corrected chi connectivity index (χ0v) is 8.91. The van der Waals surface area contributed by atoms with E-state index in [9.17, 15) is 9.90 Å². The van der Waals surface area contributed by atoms with Crippen LogP contribution in [0.4, 0.5) is 5.82 Å². The second kappa shape index (κ2) is 3.94. The molecule has 0 aromatic carbocycles. The highest BCUT2D eigenvalue weighted by molar-refractivity contribution is 5.94. The molecule has 16 heavy (non-hydrogen) atoms. The molecule has 1 aliphatic rings. The topological polar surface area (TPSA) is 71.5 Å². The molecule has 1 aliphatic heterocycles. The minimum Gasteiger partial charge on any atom is -0.480 e. The van der Waals surface area contributed by atoms with Gasteiger partial charge in [-0.1, -0.05) is 12.7 Å². The maximum absolute atomic E-state index is 11.1. The summed E-state index contributed by atoms with van der Waals surface area (Å²) in [5.74, 6) is 0.671. The first-order valence-electron chi connectivity index (χ1n) is 4.86. The zero-order valence-electron chi connectivity index (χ0n) is 8.91. The maximum Gasteiger partial charge on any atom is 0.263 e. The minimum atomic E-state index is -0.241. The second-order valence-electron chi connectivity index (χ2n) is 3.47. The Kier molecular flexibility index (Phi) is 2.62. The first kappa shape index (κ1) is 10.6. The summed E-state index contributed by atoms with van der Waals surface area (Å²) in [4.78, 5) is 15.3. The molecule has 0 unspecified atom stereocenters. The van der Waals surface area contributed by atoms with E-state index >= 15 is 0 Å². The van der Waals surface area contributed by atoms with Gasteiger partial charge in [-0.25, -0.2) is 4.98 Å². The third-order valence-corrected chi connectivity index (χ3v) is 2.48. The van der Waals surface area contributed by atoms with Crippen LogP contribution in [0, 0.1) is 6.92 Å². The van der Waals surface area contributed by atoms with E-state index in [0.29, 0.717) is 17.3 Å². The average molecular weight is 220 g/mol. The smallest absolute Gasteiger partial charge is 0.263 e. The molecular formula is C11H12N2O3. The maximum atomic E-state index is 11.1. The number of hydrogen-bond acceptors (Lipinski definition) is 4. The summed E-state index contributed by atoms with van der Waals surface area (Å²) in [5.41, 5.74) is 2.05. The van der Waals surface area contributed by atoms with Crippen LogP contribution < -0.4 is 10.1 Å². The Balaban J connectivity index is 2.62. The van der Waals surface area contributed by atoms with E-state index in [1.54, 1.807) is 6.08 Å². The minimum absolute atomic E-state index is 0.00935. The number of aliphatic hydroxyl groups excluding tert-OH is 1. The summed E-state index contributed by atoms with van der Waals surface area (Å²) in [7, 11) is 0. The number of nitrogens with zero attached hydrogens (tertiary/aromatic N) is 1. The Hall–Kier alpha value is -1.88. The third kappa shape index (κ3) is 1.55. The van der Waals surface area contributed by atoms with Crippen molar-refractivity contribution in [2.75, 3.05) is 11.9 Å². The molecule has 0 bridgehead atoms. The largest absolute Gasteiger partial charge is 0.480 e. The lowest BCUT2D eigenvalue weighted by Gasteiger charge is -2.21. The molecule has 1 aromatic heterocycles. The van der Waals surface area contributed by atoms with E-state index in [4.69, 9.17) is 4.74 Å². The van der Waals surface area contributed by atoms with Gasteiger partial charge in [0.25, 0.3) is 5.91 Å². The van der Waals surface area contributed by atoms with Crippen molar-refractivity contribution in [3.05, 3.63) is 23.4 Å². The summed E-state index contributed by atoms with van der Waals surface area (Å²) in [6.45, 7) is 5.30. The summed E-state index contributed by atoms with van der Waals surface area (Å²) in [6.07, 6.45) is 1.62. The number of pyridine rings is 1. The molecule has 0 aliphatic carbocycles. The van der Waals surface area contributed by atoms with Gasteiger partial charge in [-0.3, -0.25) is 4.79 Å². The number of nitrogens with one attached hydrogen (secondary N) is 1. The van der Waals surface area contributed by atoms with Gasteiger partial charge in [0.1, 0.15) is 0 Å². The van der Waals surface area contributed by atoms with Crippen LogP contribution >= 0.6 is 0 Å². The fourth-order valence-corrected chi connectivity index (χ4v) is 1.72. The van der Waals surface area contributed by atoms with Crippen LogP contribution in [-0.2, 0) is 11.4 Å². The number of carbonyl (C=O) groups is 1. The van der Waals surface area contributed by atoms with E-state index in [2.05, 4.69) is 16.9 Å². The lowest BCUT2D eigenvalue weighted by molar-refractivity contribution is -0.118. The monoisotopic (exact) mass is 220 g/mol. The number of amides is 1. The third-order valence-electron chi connectivity index (χ3n) is 2.48. The van der Waals surface area contributed by atoms with Gasteiger partial charge in [0.2, 0.25) is 0 Å². The summed E-state index contributed by atoms with van der Waals surface area (Å²) < 4.78 is 5.30. The van der Waals surface area contributed by atoms with E-state index in [0.717, 1.165) is 11.1 Å². The second-order valence-corrected chi connectivity index (χ2v) is 3.47. The zero-order chi connectivity index (χ0) is 11.7. The molecule has 0 radical (unpaired) electrons. The van der Waals surface area contributed by atoms with Crippen molar-refractivity contribution in [3.8, 4) is 5.75 Å². The van der Waals surface area contributed by atoms with Gasteiger partial charge in [-0.2, -0.15) is 0 Å². The van der Waals surface area contributed by atoms with Gasteiger partial charge in [-0.05, 0) is 6.92 Å². The number of rotatable bonds is 2. The van der Waals surface area contributed by atoms with Gasteiger partial charge in [0.15, 0.2) is 18.2 Å². The highest BCUT2D eigenvalue weighted by atomic mass is 16.5. The molecule has 2 N–H and O–H groups in total. The molecular weight excluding hydrogens is 208 g/mol. The summed E-state index contributed by atoms with van der Waals surface area (Å²) in [6, 6.07) is 0. The fourth-order valence-electron chi connectivity index (χ4n) is 1.72. The van der Waals surface area contributed by atoms with Gasteiger partial charge < -0.3 is 15.2 Å². The summed E-state index contributed by atoms with van der Waals surface area (Å²) >= 11 is 0. The Labute approximate surface area is 92.8 Å². The number of fused-ring (bicyclic) bond motifs is 1. The lowest BCUT2D eigenvalue weighted by atomic mass is 10.1. The number of aliphatic hydroxyl groups is 1. The lowest BCUT2D eigenvalue weighted by Crippen LogP contribution is -2.27. The average Bonchev–Trinajstić information content (AvgIpc) is 2.28. The van der Waals surface area contributed by atoms with Gasteiger partial charge >= 0.3 is 0 Å². The van der Waals surface area contributed by atoms with Crippen LogP contribution in [0.2, 0.25) is 0 Å². The fraction of sp³-hybridized carbons (Fsp3) is 0.273. The van der Waals surface area contributed by atoms with Crippen LogP contribution in [0.15, 0.2) is 6.58 Å². The quantitative estimate of drug-likeness (QED) is 0.775. The molecule has 0 saturated heterocycles. The molecule has 5 nitrogen and oxygen atoms in total. The van der Waals surface area contributed by atoms with E-state index in [1.807, 2.05) is 6.92 Å². The highest BCUT2D eigenvalue weighted by Gasteiger charge is 2.22. The molecule has 1 amide bonds. The molecule has 1 aromatic rings. The predicted molar refractivity (Wildman–Crippen MR) is 59.1 cm³/mol. The van der Waals surface area contributed by atoms with Crippen molar-refractivity contribution < 1.29 is 14.6 Å². The standard InChI is InChI=1S/C11H12N2O3/c1-3-7-6(2)10-11(12-8(7)4-14)13-9(15)5-16-10/h3,14H,1,4-5H2,2H3,(H,12,13,15). The molecule has 84 valence electrons. The predicted octanol–water partition coefficient (Wildman–Crippen LogP) is 0.856. The van der Waals surface area contributed by atoms with Crippen molar-refractivity contribution in [1.29, 1.82) is 0 Å². The molecule has 0 saturated carbocycles. The number of hydrogen-bond donors (Lipinski definition) is 2. The summed E-state index contributed by atoms with van der Waals surface area (Å²) in [5, 5.41) is 11.8. The first-order chi connectivity index (χ1) is 7.67. The van der Waals surface area contributed by atoms with E-state index < -0.39 is 0 Å². The molecule has 0 spiro atoms. The van der Waals surface area contributed by atoms with Gasteiger partial charge in [0, 0.05) is 11.1 Å². The molecule has 5 heteroatoms. The normalized spacial score (nSPS) is 13.8. The Morgan fingerprint density at radius 3 is 3.06 bits per heavy atom. The van der Waals surface area contributed by atoms with E-state index in [1.165, 1.54) is 0 Å². The van der Waals surface area contributed by atoms with Gasteiger partial charge in [0.05, 0.1) is 12.3 Å². The molecule has 2 rings (SSSR count). The van der Waals surface area contributed by atoms with Crippen LogP contribution in [0.3, 0.4) is 0 Å². The molecule has 0 fully saturated rings. The van der Waals surface area contributed by atoms with Crippen molar-refractivity contribution >= 4 is 17.8 Å². The van der Waals surface area contributed by atoms with Crippen LogP contribution in [-0.4, -0.2) is 22.6 Å². The Morgan fingerprint density at radius 2 is 2.44 bits per heavy atom. The highest BCUT2D eigenvalue weighted by Crippen LogP contribution is 2.33. The Bertz CT molecular complexity index is 469.